The highest BCUT2D eigenvalue weighted by molar-refractivity contribution is 5.85. The Balaban J connectivity index is 2.69. The fourth-order valence-corrected chi connectivity index (χ4v) is 1.83. The first-order valence-corrected chi connectivity index (χ1v) is 5.12. The van der Waals surface area contributed by atoms with Gasteiger partial charge in [-0.1, -0.05) is 18.2 Å². The van der Waals surface area contributed by atoms with E-state index in [-0.39, 0.29) is 11.3 Å². The molecule has 1 heterocycles. The van der Waals surface area contributed by atoms with Crippen molar-refractivity contribution in [3.63, 3.8) is 0 Å². The van der Waals surface area contributed by atoms with Crippen LogP contribution in [0.3, 0.4) is 0 Å². The number of para-hydroxylation sites is 1. The molecule has 0 bridgehead atoms. The fourth-order valence-electron chi connectivity index (χ4n) is 1.83. The largest absolute Gasteiger partial charge is 0.477 e. The third-order valence-electron chi connectivity index (χ3n) is 2.61. The Morgan fingerprint density at radius 1 is 1.29 bits per heavy atom. The summed E-state index contributed by atoms with van der Waals surface area (Å²) in [7, 11) is 0. The van der Waals surface area contributed by atoms with Crippen molar-refractivity contribution in [1.29, 1.82) is 0 Å². The lowest BCUT2D eigenvalue weighted by Gasteiger charge is -2.09. The minimum absolute atomic E-state index is 0.113. The van der Waals surface area contributed by atoms with Gasteiger partial charge in [-0.15, -0.1) is 0 Å². The number of carboxylic acid groups (broad SMARTS) is 1. The van der Waals surface area contributed by atoms with E-state index in [1.807, 2.05) is 32.0 Å². The number of aromatic amines is 1. The first kappa shape index (κ1) is 11.2. The first-order chi connectivity index (χ1) is 8.00. The fraction of sp³-hybridized carbons (Fsp3) is 0.167. The lowest BCUT2D eigenvalue weighted by atomic mass is 10.1. The van der Waals surface area contributed by atoms with E-state index in [9.17, 15) is 9.59 Å². The van der Waals surface area contributed by atoms with E-state index in [1.54, 1.807) is 0 Å². The van der Waals surface area contributed by atoms with E-state index in [2.05, 4.69) is 5.10 Å². The molecule has 1 aromatic carbocycles. The number of carboxylic acids is 1. The zero-order valence-corrected chi connectivity index (χ0v) is 9.52. The number of H-pyrrole nitrogens is 1. The number of aromatic carboxylic acids is 1. The molecule has 2 rings (SSSR count). The molecule has 1 aromatic heterocycles. The van der Waals surface area contributed by atoms with Gasteiger partial charge in [0.05, 0.1) is 5.69 Å². The third kappa shape index (κ3) is 1.87. The van der Waals surface area contributed by atoms with Gasteiger partial charge in [0.15, 0.2) is 0 Å². The number of carbonyl (C=O) groups is 1. The second-order valence-electron chi connectivity index (χ2n) is 3.89. The van der Waals surface area contributed by atoms with Crippen LogP contribution >= 0.6 is 0 Å². The van der Waals surface area contributed by atoms with Crippen molar-refractivity contribution < 1.29 is 9.90 Å². The Bertz CT molecular complexity index is 617. The van der Waals surface area contributed by atoms with E-state index in [0.717, 1.165) is 17.2 Å². The number of aryl methyl sites for hydroxylation is 2. The second kappa shape index (κ2) is 3.93. The molecule has 0 saturated heterocycles. The van der Waals surface area contributed by atoms with Crippen LogP contribution in [0.15, 0.2) is 29.1 Å². The van der Waals surface area contributed by atoms with Gasteiger partial charge in [-0.3, -0.25) is 9.89 Å². The summed E-state index contributed by atoms with van der Waals surface area (Å²) in [5, 5.41) is 11.4. The van der Waals surface area contributed by atoms with Gasteiger partial charge in [-0.05, 0) is 25.0 Å². The van der Waals surface area contributed by atoms with Crippen molar-refractivity contribution in [2.24, 2.45) is 0 Å². The molecule has 2 aromatic rings. The Morgan fingerprint density at radius 3 is 2.35 bits per heavy atom. The molecule has 88 valence electrons. The number of hydrogen-bond donors (Lipinski definition) is 2. The molecule has 2 N–H and O–H groups in total. The molecule has 0 aliphatic rings. The summed E-state index contributed by atoms with van der Waals surface area (Å²) in [6, 6.07) is 6.71. The number of nitrogens with one attached hydrogen (secondary N) is 1. The van der Waals surface area contributed by atoms with E-state index in [0.29, 0.717) is 5.69 Å². The van der Waals surface area contributed by atoms with E-state index in [1.165, 1.54) is 4.68 Å². The second-order valence-corrected chi connectivity index (χ2v) is 3.89. The summed E-state index contributed by atoms with van der Waals surface area (Å²) in [5.41, 5.74) is 2.03. The number of rotatable bonds is 2. The number of benzene rings is 1. The van der Waals surface area contributed by atoms with Crippen LogP contribution in [0.25, 0.3) is 5.69 Å². The number of hydrogen-bond acceptors (Lipinski definition) is 2. The van der Waals surface area contributed by atoms with Crippen LogP contribution in [-0.2, 0) is 0 Å². The van der Waals surface area contributed by atoms with Gasteiger partial charge < -0.3 is 5.11 Å². The van der Waals surface area contributed by atoms with Crippen LogP contribution in [0.5, 0.6) is 0 Å². The highest BCUT2D eigenvalue weighted by atomic mass is 16.4. The molecule has 5 nitrogen and oxygen atoms in total. The average molecular weight is 232 g/mol. The molecule has 0 aliphatic heterocycles. The Kier molecular flexibility index (Phi) is 2.59. The van der Waals surface area contributed by atoms with E-state index >= 15 is 0 Å². The molecular weight excluding hydrogens is 220 g/mol. The average Bonchev–Trinajstić information content (AvgIpc) is 2.61. The summed E-state index contributed by atoms with van der Waals surface area (Å²) in [4.78, 5) is 22.5. The van der Waals surface area contributed by atoms with Crippen LogP contribution in [0.1, 0.15) is 21.6 Å². The van der Waals surface area contributed by atoms with Crippen molar-refractivity contribution >= 4 is 5.97 Å². The van der Waals surface area contributed by atoms with Crippen molar-refractivity contribution in [2.75, 3.05) is 0 Å². The van der Waals surface area contributed by atoms with Gasteiger partial charge >= 0.3 is 5.97 Å². The van der Waals surface area contributed by atoms with Crippen LogP contribution < -0.4 is 5.56 Å². The molecular formula is C12H12N2O3. The predicted octanol–water partition coefficient (Wildman–Crippen LogP) is 1.48. The summed E-state index contributed by atoms with van der Waals surface area (Å²) < 4.78 is 1.26. The Morgan fingerprint density at radius 2 is 1.88 bits per heavy atom. The highest BCUT2D eigenvalue weighted by Gasteiger charge is 2.13. The summed E-state index contributed by atoms with van der Waals surface area (Å²) in [5.74, 6) is -1.15. The summed E-state index contributed by atoms with van der Waals surface area (Å²) in [6.45, 7) is 3.74. The quantitative estimate of drug-likeness (QED) is 0.823. The molecule has 0 unspecified atom stereocenters. The standard InChI is InChI=1S/C12H12N2O3/c1-7-4-3-5-8(2)11(7)14-10(15)6-9(13-14)12(16)17/h3-6,13H,1-2H3,(H,16,17). The zero-order valence-electron chi connectivity index (χ0n) is 9.52. The monoisotopic (exact) mass is 232 g/mol. The predicted molar refractivity (Wildman–Crippen MR) is 62.8 cm³/mol. The van der Waals surface area contributed by atoms with Crippen LogP contribution in [0.2, 0.25) is 0 Å². The maximum atomic E-state index is 11.7. The molecule has 0 fully saturated rings. The maximum Gasteiger partial charge on any atom is 0.353 e. The smallest absolute Gasteiger partial charge is 0.353 e. The summed E-state index contributed by atoms with van der Waals surface area (Å²) in [6.07, 6.45) is 0. The molecule has 0 atom stereocenters. The van der Waals surface area contributed by atoms with Gasteiger partial charge in [0, 0.05) is 6.07 Å². The van der Waals surface area contributed by atoms with E-state index < -0.39 is 5.97 Å². The van der Waals surface area contributed by atoms with Crippen LogP contribution in [0.4, 0.5) is 0 Å². The zero-order chi connectivity index (χ0) is 12.6. The highest BCUT2D eigenvalue weighted by Crippen LogP contribution is 2.16. The lowest BCUT2D eigenvalue weighted by molar-refractivity contribution is 0.0690. The molecule has 0 saturated carbocycles. The topological polar surface area (TPSA) is 75.1 Å². The normalized spacial score (nSPS) is 10.5. The van der Waals surface area contributed by atoms with Crippen LogP contribution in [-0.4, -0.2) is 20.9 Å². The Hall–Kier alpha value is -2.30. The number of aromatic nitrogens is 2. The summed E-state index contributed by atoms with van der Waals surface area (Å²) >= 11 is 0. The van der Waals surface area contributed by atoms with Gasteiger partial charge in [0.2, 0.25) is 0 Å². The third-order valence-corrected chi connectivity index (χ3v) is 2.61. The lowest BCUT2D eigenvalue weighted by Crippen LogP contribution is -2.15. The molecule has 0 radical (unpaired) electrons. The van der Waals surface area contributed by atoms with Gasteiger partial charge in [0.1, 0.15) is 5.69 Å². The molecule has 17 heavy (non-hydrogen) atoms. The van der Waals surface area contributed by atoms with E-state index in [4.69, 9.17) is 5.11 Å². The van der Waals surface area contributed by atoms with Gasteiger partial charge in [-0.2, -0.15) is 0 Å². The Labute approximate surface area is 97.3 Å². The van der Waals surface area contributed by atoms with Crippen molar-refractivity contribution in [1.82, 2.24) is 9.78 Å². The molecule has 0 spiro atoms. The van der Waals surface area contributed by atoms with Crippen molar-refractivity contribution in [2.45, 2.75) is 13.8 Å². The molecule has 5 heteroatoms. The van der Waals surface area contributed by atoms with Crippen molar-refractivity contribution in [3.8, 4) is 5.69 Å². The minimum atomic E-state index is -1.15. The van der Waals surface area contributed by atoms with Gasteiger partial charge in [0.25, 0.3) is 5.56 Å². The van der Waals surface area contributed by atoms with Crippen LogP contribution in [0, 0.1) is 13.8 Å². The maximum absolute atomic E-state index is 11.7. The molecule has 0 aliphatic carbocycles. The SMILES string of the molecule is Cc1cccc(C)c1-n1[nH]c(C(=O)O)cc1=O. The minimum Gasteiger partial charge on any atom is -0.477 e. The number of nitrogens with zero attached hydrogens (tertiary/aromatic N) is 1. The van der Waals surface area contributed by atoms with Gasteiger partial charge in [-0.25, -0.2) is 9.48 Å². The first-order valence-electron chi connectivity index (χ1n) is 5.12. The van der Waals surface area contributed by atoms with Crippen molar-refractivity contribution in [3.05, 3.63) is 51.4 Å². The molecule has 0 amide bonds.